The average molecular weight is 463 g/mol. The Morgan fingerprint density at radius 3 is 2.26 bits per heavy atom. The van der Waals surface area contributed by atoms with Crippen LogP contribution in [-0.4, -0.2) is 42.3 Å². The number of amides is 2. The summed E-state index contributed by atoms with van der Waals surface area (Å²) in [7, 11) is 0. The zero-order chi connectivity index (χ0) is 24.3. The molecule has 2 aromatic rings. The van der Waals surface area contributed by atoms with Crippen LogP contribution in [0, 0.1) is 5.41 Å². The maximum Gasteiger partial charge on any atom is 0.407 e. The maximum absolute atomic E-state index is 12.5. The first-order valence-electron chi connectivity index (χ1n) is 11.5. The van der Waals surface area contributed by atoms with Gasteiger partial charge in [-0.1, -0.05) is 68.5 Å². The van der Waals surface area contributed by atoms with E-state index < -0.39 is 17.5 Å². The monoisotopic (exact) mass is 462 g/mol. The Labute approximate surface area is 199 Å². The van der Waals surface area contributed by atoms with Gasteiger partial charge in [0.1, 0.15) is 6.61 Å². The Morgan fingerprint density at radius 2 is 1.65 bits per heavy atom. The van der Waals surface area contributed by atoms with Crippen molar-refractivity contribution in [1.82, 2.24) is 10.6 Å². The van der Waals surface area contributed by atoms with Crippen LogP contribution < -0.4 is 10.6 Å². The standard InChI is InChI=1S/C27H30N2O5/c1-27(2,14-24(30)31)16-28-25(32)17-11-12-18(13-17)29-26(33)34-15-23-21-9-5-3-7-19(21)20-8-4-6-10-22(20)23/h3-11,18,23H,12-16H2,1-2H3,(H,28,32)(H,29,33)(H,30,31). The molecular weight excluding hydrogens is 432 g/mol. The van der Waals surface area contributed by atoms with E-state index >= 15 is 0 Å². The summed E-state index contributed by atoms with van der Waals surface area (Å²) in [5.41, 5.74) is 4.71. The number of nitrogens with one attached hydrogen (secondary N) is 2. The number of alkyl carbamates (subject to hydrolysis) is 1. The van der Waals surface area contributed by atoms with Gasteiger partial charge in [0.15, 0.2) is 0 Å². The lowest BCUT2D eigenvalue weighted by molar-refractivity contribution is -0.139. The Bertz CT molecular complexity index is 1090. The summed E-state index contributed by atoms with van der Waals surface area (Å²) in [6.45, 7) is 4.10. The van der Waals surface area contributed by atoms with Crippen molar-refractivity contribution in [3.63, 3.8) is 0 Å². The molecule has 0 heterocycles. The van der Waals surface area contributed by atoms with E-state index in [9.17, 15) is 14.4 Å². The van der Waals surface area contributed by atoms with Crippen LogP contribution in [0.25, 0.3) is 11.1 Å². The smallest absolute Gasteiger partial charge is 0.407 e. The van der Waals surface area contributed by atoms with Crippen molar-refractivity contribution in [2.24, 2.45) is 5.41 Å². The van der Waals surface area contributed by atoms with E-state index in [1.165, 1.54) is 11.1 Å². The first-order valence-corrected chi connectivity index (χ1v) is 11.5. The number of ether oxygens (including phenoxy) is 1. The van der Waals surface area contributed by atoms with Gasteiger partial charge in [-0.3, -0.25) is 9.59 Å². The van der Waals surface area contributed by atoms with E-state index in [1.807, 2.05) is 30.3 Å². The summed E-state index contributed by atoms with van der Waals surface area (Å²) < 4.78 is 5.60. The largest absolute Gasteiger partial charge is 0.481 e. The molecule has 0 saturated carbocycles. The van der Waals surface area contributed by atoms with Gasteiger partial charge in [-0.2, -0.15) is 0 Å². The predicted octanol–water partition coefficient (Wildman–Crippen LogP) is 4.23. The van der Waals surface area contributed by atoms with Crippen molar-refractivity contribution in [2.45, 2.75) is 45.1 Å². The third-order valence-electron chi connectivity index (χ3n) is 6.43. The van der Waals surface area contributed by atoms with Crippen molar-refractivity contribution >= 4 is 18.0 Å². The number of benzene rings is 2. The van der Waals surface area contributed by atoms with Crippen LogP contribution in [0.3, 0.4) is 0 Å². The van der Waals surface area contributed by atoms with Crippen LogP contribution in [0.2, 0.25) is 0 Å². The summed E-state index contributed by atoms with van der Waals surface area (Å²) in [5, 5.41) is 14.7. The highest BCUT2D eigenvalue weighted by atomic mass is 16.5. The van der Waals surface area contributed by atoms with E-state index in [1.54, 1.807) is 13.8 Å². The molecule has 2 aliphatic rings. The fourth-order valence-electron chi connectivity index (χ4n) is 4.72. The topological polar surface area (TPSA) is 105 Å². The van der Waals surface area contributed by atoms with Gasteiger partial charge in [-0.15, -0.1) is 0 Å². The molecule has 2 aromatic carbocycles. The average Bonchev–Trinajstić information content (AvgIpc) is 3.38. The van der Waals surface area contributed by atoms with Crippen LogP contribution >= 0.6 is 0 Å². The molecule has 4 rings (SSSR count). The molecule has 0 aliphatic heterocycles. The van der Waals surface area contributed by atoms with E-state index in [4.69, 9.17) is 9.84 Å². The van der Waals surface area contributed by atoms with E-state index in [2.05, 4.69) is 34.9 Å². The lowest BCUT2D eigenvalue weighted by Crippen LogP contribution is -2.37. The second-order valence-electron chi connectivity index (χ2n) is 9.75. The Balaban J connectivity index is 1.26. The molecule has 3 N–H and O–H groups in total. The predicted molar refractivity (Wildman–Crippen MR) is 128 cm³/mol. The van der Waals surface area contributed by atoms with Gasteiger partial charge in [0, 0.05) is 24.1 Å². The molecule has 1 unspecified atom stereocenters. The summed E-state index contributed by atoms with van der Waals surface area (Å²) in [6, 6.07) is 16.1. The second kappa shape index (κ2) is 9.71. The lowest BCUT2D eigenvalue weighted by Gasteiger charge is -2.23. The molecule has 0 bridgehead atoms. The van der Waals surface area contributed by atoms with E-state index in [-0.39, 0.29) is 37.4 Å². The minimum Gasteiger partial charge on any atom is -0.481 e. The molecule has 1 atom stereocenters. The summed E-state index contributed by atoms with van der Waals surface area (Å²) in [6.07, 6.45) is 2.25. The molecule has 2 amide bonds. The molecule has 34 heavy (non-hydrogen) atoms. The number of aliphatic carboxylic acids is 1. The third-order valence-corrected chi connectivity index (χ3v) is 6.43. The zero-order valence-corrected chi connectivity index (χ0v) is 19.5. The van der Waals surface area contributed by atoms with Crippen LogP contribution in [-0.2, 0) is 14.3 Å². The lowest BCUT2D eigenvalue weighted by atomic mass is 9.89. The molecule has 7 heteroatoms. The Kier molecular flexibility index (Phi) is 6.72. The van der Waals surface area contributed by atoms with Crippen molar-refractivity contribution in [1.29, 1.82) is 0 Å². The van der Waals surface area contributed by atoms with Gasteiger partial charge in [0.05, 0.1) is 6.42 Å². The minimum absolute atomic E-state index is 0.00431. The molecule has 178 valence electrons. The normalized spacial score (nSPS) is 16.9. The zero-order valence-electron chi connectivity index (χ0n) is 19.5. The quantitative estimate of drug-likeness (QED) is 0.545. The number of carbonyl (C=O) groups excluding carboxylic acids is 2. The van der Waals surface area contributed by atoms with Gasteiger partial charge in [-0.05, 0) is 40.5 Å². The first kappa shape index (κ1) is 23.5. The molecule has 0 spiro atoms. The highest BCUT2D eigenvalue weighted by molar-refractivity contribution is 5.94. The van der Waals surface area contributed by atoms with Crippen LogP contribution in [0.5, 0.6) is 0 Å². The fraction of sp³-hybridized carbons (Fsp3) is 0.370. The van der Waals surface area contributed by atoms with Gasteiger partial charge in [0.25, 0.3) is 0 Å². The molecule has 0 aromatic heterocycles. The molecule has 0 radical (unpaired) electrons. The molecular formula is C27H30N2O5. The van der Waals surface area contributed by atoms with Crippen molar-refractivity contribution in [3.05, 3.63) is 71.3 Å². The minimum atomic E-state index is -0.897. The number of rotatable bonds is 8. The fourth-order valence-corrected chi connectivity index (χ4v) is 4.72. The number of carboxylic acids is 1. The van der Waals surface area contributed by atoms with Crippen LogP contribution in [0.15, 0.2) is 60.2 Å². The van der Waals surface area contributed by atoms with Crippen molar-refractivity contribution in [3.8, 4) is 11.1 Å². The van der Waals surface area contributed by atoms with E-state index in [0.29, 0.717) is 18.4 Å². The molecule has 2 aliphatic carbocycles. The van der Waals surface area contributed by atoms with Crippen LogP contribution in [0.1, 0.15) is 50.2 Å². The number of carboxylic acid groups (broad SMARTS) is 1. The highest BCUT2D eigenvalue weighted by Crippen LogP contribution is 2.44. The Hall–Kier alpha value is -3.61. The van der Waals surface area contributed by atoms with Crippen molar-refractivity contribution in [2.75, 3.05) is 13.2 Å². The number of hydrogen-bond acceptors (Lipinski definition) is 4. The first-order chi connectivity index (χ1) is 16.2. The van der Waals surface area contributed by atoms with Gasteiger partial charge >= 0.3 is 12.1 Å². The van der Waals surface area contributed by atoms with Crippen LogP contribution in [0.4, 0.5) is 4.79 Å². The van der Waals surface area contributed by atoms with Gasteiger partial charge < -0.3 is 20.5 Å². The SMILES string of the molecule is CC(C)(CNC(=O)C1=CCC(NC(=O)OCC2c3ccccc3-c3ccccc32)C1)CC(=O)O. The summed E-state index contributed by atoms with van der Waals surface area (Å²) in [5.74, 6) is -1.13. The highest BCUT2D eigenvalue weighted by Gasteiger charge is 2.30. The molecule has 0 fully saturated rings. The number of fused-ring (bicyclic) bond motifs is 3. The second-order valence-corrected chi connectivity index (χ2v) is 9.75. The third kappa shape index (κ3) is 5.30. The van der Waals surface area contributed by atoms with Crippen molar-refractivity contribution < 1.29 is 24.2 Å². The maximum atomic E-state index is 12.5. The summed E-state index contributed by atoms with van der Waals surface area (Å²) in [4.78, 5) is 35.9. The number of hydrogen-bond donors (Lipinski definition) is 3. The van der Waals surface area contributed by atoms with E-state index in [0.717, 1.165) is 11.1 Å². The molecule has 7 nitrogen and oxygen atoms in total. The molecule has 0 saturated heterocycles. The summed E-state index contributed by atoms with van der Waals surface area (Å²) >= 11 is 0. The Morgan fingerprint density at radius 1 is 1.03 bits per heavy atom. The van der Waals surface area contributed by atoms with Gasteiger partial charge in [-0.25, -0.2) is 4.79 Å². The number of carbonyl (C=O) groups is 3. The van der Waals surface area contributed by atoms with Gasteiger partial charge in [0.2, 0.25) is 5.91 Å².